The van der Waals surface area contributed by atoms with Gasteiger partial charge < -0.3 is 19.9 Å². The van der Waals surface area contributed by atoms with E-state index >= 15 is 0 Å². The Hall–Kier alpha value is -2.35. The number of hydrogen-bond donors (Lipinski definition) is 3. The quantitative estimate of drug-likeness (QED) is 0.754. The van der Waals surface area contributed by atoms with Crippen molar-refractivity contribution in [3.63, 3.8) is 0 Å². The molecule has 7 nitrogen and oxygen atoms in total. The number of nitrogens with zero attached hydrogens (tertiary/aromatic N) is 2. The van der Waals surface area contributed by atoms with Crippen LogP contribution in [-0.4, -0.2) is 27.4 Å². The van der Waals surface area contributed by atoms with Crippen LogP contribution in [0.3, 0.4) is 0 Å². The molecule has 1 aliphatic rings. The summed E-state index contributed by atoms with van der Waals surface area (Å²) in [6.45, 7) is 0.994. The van der Waals surface area contributed by atoms with Gasteiger partial charge in [0, 0.05) is 19.2 Å². The Kier molecular flexibility index (Phi) is 3.61. The molecule has 0 spiro atoms. The van der Waals surface area contributed by atoms with E-state index in [0.717, 1.165) is 23.4 Å². The van der Waals surface area contributed by atoms with Crippen LogP contribution in [0, 0.1) is 4.77 Å². The van der Waals surface area contributed by atoms with E-state index in [0.29, 0.717) is 23.7 Å². The normalized spacial score (nSPS) is 12.6. The van der Waals surface area contributed by atoms with Crippen LogP contribution in [-0.2, 0) is 20.0 Å². The van der Waals surface area contributed by atoms with Crippen LogP contribution in [0.1, 0.15) is 11.4 Å². The minimum Gasteiger partial charge on any atom is -0.493 e. The van der Waals surface area contributed by atoms with Gasteiger partial charge in [-0.2, -0.15) is 5.10 Å². The number of hydrogen-bond acceptors (Lipinski definition) is 4. The molecule has 0 saturated heterocycles. The molecule has 0 atom stereocenters. The zero-order valence-corrected chi connectivity index (χ0v) is 12.3. The summed E-state index contributed by atoms with van der Waals surface area (Å²) in [7, 11) is 1.79. The Labute approximate surface area is 126 Å². The van der Waals surface area contributed by atoms with Crippen molar-refractivity contribution in [3.8, 4) is 5.75 Å². The second-order valence-electron chi connectivity index (χ2n) is 4.73. The van der Waals surface area contributed by atoms with Crippen molar-refractivity contribution in [1.29, 1.82) is 0 Å². The zero-order chi connectivity index (χ0) is 14.8. The summed E-state index contributed by atoms with van der Waals surface area (Å²) >= 11 is 5.01. The van der Waals surface area contributed by atoms with Gasteiger partial charge in [0.15, 0.2) is 10.6 Å². The van der Waals surface area contributed by atoms with Gasteiger partial charge in [-0.05, 0) is 36.0 Å². The minimum absolute atomic E-state index is 0.289. The van der Waals surface area contributed by atoms with Crippen molar-refractivity contribution in [2.24, 2.45) is 7.05 Å². The average Bonchev–Trinajstić information content (AvgIpc) is 3.05. The first-order chi connectivity index (χ1) is 10.1. The van der Waals surface area contributed by atoms with Gasteiger partial charge in [-0.15, -0.1) is 0 Å². The van der Waals surface area contributed by atoms with Crippen molar-refractivity contribution in [3.05, 3.63) is 34.4 Å². The lowest BCUT2D eigenvalue weighted by Gasteiger charge is -2.08. The van der Waals surface area contributed by atoms with Gasteiger partial charge in [0.2, 0.25) is 0 Å². The van der Waals surface area contributed by atoms with Crippen LogP contribution >= 0.6 is 12.2 Å². The zero-order valence-electron chi connectivity index (χ0n) is 11.5. The van der Waals surface area contributed by atoms with E-state index in [4.69, 9.17) is 17.0 Å². The molecule has 0 unspecified atom stereocenters. The number of carbonyl (C=O) groups is 1. The maximum Gasteiger partial charge on any atom is 0.319 e. The van der Waals surface area contributed by atoms with E-state index in [1.807, 2.05) is 18.2 Å². The lowest BCUT2D eigenvalue weighted by atomic mass is 10.1. The number of nitrogens with one attached hydrogen (secondary N) is 3. The van der Waals surface area contributed by atoms with E-state index < -0.39 is 0 Å². The lowest BCUT2D eigenvalue weighted by Crippen LogP contribution is -2.29. The number of amides is 2. The van der Waals surface area contributed by atoms with Gasteiger partial charge in [0.05, 0.1) is 13.2 Å². The van der Waals surface area contributed by atoms with Gasteiger partial charge >= 0.3 is 6.03 Å². The molecular formula is C13H15N5O2S. The predicted octanol–water partition coefficient (Wildman–Crippen LogP) is 1.73. The van der Waals surface area contributed by atoms with Crippen molar-refractivity contribution >= 4 is 23.9 Å². The molecule has 8 heteroatoms. The number of H-pyrrole nitrogens is 1. The predicted molar refractivity (Wildman–Crippen MR) is 79.9 cm³/mol. The van der Waals surface area contributed by atoms with Gasteiger partial charge in [0.1, 0.15) is 5.75 Å². The topological polar surface area (TPSA) is 84.0 Å². The van der Waals surface area contributed by atoms with Crippen LogP contribution in [0.5, 0.6) is 5.75 Å². The molecule has 0 fully saturated rings. The lowest BCUT2D eigenvalue weighted by molar-refractivity contribution is 0.251. The van der Waals surface area contributed by atoms with Crippen molar-refractivity contribution < 1.29 is 9.53 Å². The fraction of sp³-hybridized carbons (Fsp3) is 0.308. The molecule has 1 aromatic heterocycles. The van der Waals surface area contributed by atoms with E-state index in [-0.39, 0.29) is 6.03 Å². The number of ether oxygens (including phenoxy) is 1. The summed E-state index contributed by atoms with van der Waals surface area (Å²) in [6.07, 6.45) is 0.872. The number of urea groups is 1. The van der Waals surface area contributed by atoms with Crippen LogP contribution in [0.2, 0.25) is 0 Å². The fourth-order valence-electron chi connectivity index (χ4n) is 2.14. The standard InChI is InChI=1S/C13H15N5O2S/c1-18-11(16-17-13(18)21)7-14-12(19)15-9-2-3-10-8(6-9)4-5-20-10/h2-3,6H,4-5,7H2,1H3,(H,17,21)(H2,14,15,19). The Morgan fingerprint density at radius 3 is 3.19 bits per heavy atom. The Bertz CT molecular complexity index is 736. The Morgan fingerprint density at radius 1 is 1.57 bits per heavy atom. The van der Waals surface area contributed by atoms with E-state index in [9.17, 15) is 4.79 Å². The number of rotatable bonds is 3. The third kappa shape index (κ3) is 2.89. The number of benzene rings is 1. The minimum atomic E-state index is -0.289. The highest BCUT2D eigenvalue weighted by Crippen LogP contribution is 2.27. The smallest absolute Gasteiger partial charge is 0.319 e. The molecule has 2 amide bonds. The molecule has 21 heavy (non-hydrogen) atoms. The largest absolute Gasteiger partial charge is 0.493 e. The maximum atomic E-state index is 11.9. The molecule has 3 rings (SSSR count). The second-order valence-corrected chi connectivity index (χ2v) is 5.12. The third-order valence-electron chi connectivity index (χ3n) is 3.33. The van der Waals surface area contributed by atoms with Crippen LogP contribution < -0.4 is 15.4 Å². The van der Waals surface area contributed by atoms with Crippen LogP contribution in [0.4, 0.5) is 10.5 Å². The summed E-state index contributed by atoms with van der Waals surface area (Å²) in [4.78, 5) is 11.9. The van der Waals surface area contributed by atoms with E-state index in [2.05, 4.69) is 20.8 Å². The first kappa shape index (κ1) is 13.6. The summed E-state index contributed by atoms with van der Waals surface area (Å²) in [5, 5.41) is 12.2. The number of carbonyl (C=O) groups excluding carboxylic acids is 1. The highest BCUT2D eigenvalue weighted by molar-refractivity contribution is 7.71. The van der Waals surface area contributed by atoms with Crippen molar-refractivity contribution in [2.75, 3.05) is 11.9 Å². The van der Waals surface area contributed by atoms with Crippen LogP contribution in [0.25, 0.3) is 0 Å². The summed E-state index contributed by atoms with van der Waals surface area (Å²) in [5.74, 6) is 1.56. The molecule has 0 aliphatic carbocycles. The SMILES string of the molecule is Cn1c(CNC(=O)Nc2ccc3c(c2)CCO3)n[nH]c1=S. The molecule has 3 N–H and O–H groups in total. The molecular weight excluding hydrogens is 290 g/mol. The molecule has 2 aromatic rings. The molecule has 0 saturated carbocycles. The average molecular weight is 305 g/mol. The van der Waals surface area contributed by atoms with Crippen LogP contribution in [0.15, 0.2) is 18.2 Å². The Balaban J connectivity index is 1.59. The first-order valence-corrected chi connectivity index (χ1v) is 6.95. The van der Waals surface area contributed by atoms with Crippen molar-refractivity contribution in [1.82, 2.24) is 20.1 Å². The van der Waals surface area contributed by atoms with E-state index in [1.54, 1.807) is 11.6 Å². The fourth-order valence-corrected chi connectivity index (χ4v) is 2.29. The molecule has 0 bridgehead atoms. The highest BCUT2D eigenvalue weighted by Gasteiger charge is 2.13. The Morgan fingerprint density at radius 2 is 2.43 bits per heavy atom. The summed E-state index contributed by atoms with van der Waals surface area (Å²) < 4.78 is 7.66. The number of aromatic amines is 1. The molecule has 0 radical (unpaired) electrons. The number of anilines is 1. The molecule has 1 aromatic carbocycles. The number of aromatic nitrogens is 3. The van der Waals surface area contributed by atoms with Crippen molar-refractivity contribution in [2.45, 2.75) is 13.0 Å². The maximum absolute atomic E-state index is 11.9. The van der Waals surface area contributed by atoms with Gasteiger partial charge in [-0.3, -0.25) is 5.10 Å². The van der Waals surface area contributed by atoms with Gasteiger partial charge in [-0.1, -0.05) is 0 Å². The molecule has 2 heterocycles. The monoisotopic (exact) mass is 305 g/mol. The van der Waals surface area contributed by atoms with E-state index in [1.165, 1.54) is 0 Å². The highest BCUT2D eigenvalue weighted by atomic mass is 32.1. The summed E-state index contributed by atoms with van der Waals surface area (Å²) in [6, 6.07) is 5.33. The molecule has 110 valence electrons. The first-order valence-electron chi connectivity index (χ1n) is 6.54. The third-order valence-corrected chi connectivity index (χ3v) is 3.69. The van der Waals surface area contributed by atoms with Gasteiger partial charge in [0.25, 0.3) is 0 Å². The molecule has 1 aliphatic heterocycles. The summed E-state index contributed by atoms with van der Waals surface area (Å²) in [5.41, 5.74) is 1.86. The van der Waals surface area contributed by atoms with Gasteiger partial charge in [-0.25, -0.2) is 4.79 Å². The number of fused-ring (bicyclic) bond motifs is 1. The second kappa shape index (κ2) is 5.57.